The third-order valence-corrected chi connectivity index (χ3v) is 2.41. The van der Waals surface area contributed by atoms with Crippen molar-refractivity contribution in [2.24, 2.45) is 0 Å². The number of rotatable bonds is 8. The fourth-order valence-corrected chi connectivity index (χ4v) is 1.33. The lowest BCUT2D eigenvalue weighted by Gasteiger charge is -2.09. The van der Waals surface area contributed by atoms with Crippen LogP contribution < -0.4 is 10.1 Å². The Morgan fingerprint density at radius 1 is 1.37 bits per heavy atom. The highest BCUT2D eigenvalue weighted by molar-refractivity contribution is 5.77. The molecule has 0 radical (unpaired) electrons. The summed E-state index contributed by atoms with van der Waals surface area (Å²) in [5, 5.41) is 20.1. The van der Waals surface area contributed by atoms with Crippen molar-refractivity contribution in [2.45, 2.75) is 12.7 Å². The Morgan fingerprint density at radius 2 is 2.05 bits per heavy atom. The molecule has 1 amide bonds. The Hall–Kier alpha value is -1.63. The zero-order chi connectivity index (χ0) is 14.1. The third-order valence-electron chi connectivity index (χ3n) is 2.41. The van der Waals surface area contributed by atoms with Crippen LogP contribution >= 0.6 is 0 Å². The minimum atomic E-state index is -0.939. The number of hydrogen-bond acceptors (Lipinski definition) is 5. The van der Waals surface area contributed by atoms with E-state index in [2.05, 4.69) is 5.32 Å². The fraction of sp³-hybridized carbons (Fsp3) is 0.462. The Kier molecular flexibility index (Phi) is 6.88. The lowest BCUT2D eigenvalue weighted by atomic mass is 10.2. The van der Waals surface area contributed by atoms with Gasteiger partial charge in [0, 0.05) is 6.54 Å². The van der Waals surface area contributed by atoms with Crippen LogP contribution in [-0.2, 0) is 16.1 Å². The highest BCUT2D eigenvalue weighted by Crippen LogP contribution is 2.11. The van der Waals surface area contributed by atoms with E-state index >= 15 is 0 Å². The molecule has 3 N–H and O–H groups in total. The van der Waals surface area contributed by atoms with E-state index in [-0.39, 0.29) is 25.7 Å². The molecule has 0 fully saturated rings. The van der Waals surface area contributed by atoms with Gasteiger partial charge in [-0.25, -0.2) is 0 Å². The second-order valence-corrected chi connectivity index (χ2v) is 3.98. The second-order valence-electron chi connectivity index (χ2n) is 3.98. The number of nitrogens with one attached hydrogen (secondary N) is 1. The van der Waals surface area contributed by atoms with E-state index in [4.69, 9.17) is 19.7 Å². The van der Waals surface area contributed by atoms with Crippen LogP contribution in [0.4, 0.5) is 0 Å². The standard InChI is InChI=1S/C13H19NO5/c1-18-12-4-2-10(3-5-12)8-19-9-13(17)14-6-11(16)7-15/h2-5,11,15-16H,6-9H2,1H3,(H,14,17)/t11-/m1/s1. The van der Waals surface area contributed by atoms with E-state index in [1.165, 1.54) is 0 Å². The summed E-state index contributed by atoms with van der Waals surface area (Å²) in [6.07, 6.45) is -0.939. The van der Waals surface area contributed by atoms with Crippen molar-refractivity contribution in [1.29, 1.82) is 0 Å². The van der Waals surface area contributed by atoms with Gasteiger partial charge in [0.1, 0.15) is 12.4 Å². The van der Waals surface area contributed by atoms with Crippen LogP contribution in [-0.4, -0.2) is 49.1 Å². The summed E-state index contributed by atoms with van der Waals surface area (Å²) in [6, 6.07) is 7.34. The summed E-state index contributed by atoms with van der Waals surface area (Å²) in [6.45, 7) is -0.141. The zero-order valence-corrected chi connectivity index (χ0v) is 10.8. The van der Waals surface area contributed by atoms with E-state index in [0.717, 1.165) is 11.3 Å². The summed E-state index contributed by atoms with van der Waals surface area (Å²) >= 11 is 0. The van der Waals surface area contributed by atoms with Crippen molar-refractivity contribution in [2.75, 3.05) is 26.9 Å². The Bertz CT molecular complexity index is 379. The largest absolute Gasteiger partial charge is 0.497 e. The van der Waals surface area contributed by atoms with Gasteiger partial charge in [-0.15, -0.1) is 0 Å². The maximum Gasteiger partial charge on any atom is 0.246 e. The van der Waals surface area contributed by atoms with Crippen LogP contribution in [0.5, 0.6) is 5.75 Å². The van der Waals surface area contributed by atoms with Gasteiger partial charge in [0.05, 0.1) is 26.4 Å². The molecule has 1 rings (SSSR count). The molecule has 6 nitrogen and oxygen atoms in total. The average Bonchev–Trinajstić information content (AvgIpc) is 2.45. The van der Waals surface area contributed by atoms with Crippen molar-refractivity contribution < 1.29 is 24.5 Å². The summed E-state index contributed by atoms with van der Waals surface area (Å²) in [4.78, 5) is 11.3. The summed E-state index contributed by atoms with van der Waals surface area (Å²) in [5.74, 6) is 0.431. The van der Waals surface area contributed by atoms with Crippen LogP contribution in [0.2, 0.25) is 0 Å². The zero-order valence-electron chi connectivity index (χ0n) is 10.8. The lowest BCUT2D eigenvalue weighted by molar-refractivity contribution is -0.126. The molecule has 0 saturated heterocycles. The van der Waals surface area contributed by atoms with E-state index in [1.807, 2.05) is 24.3 Å². The van der Waals surface area contributed by atoms with Crippen LogP contribution in [0.1, 0.15) is 5.56 Å². The minimum Gasteiger partial charge on any atom is -0.497 e. The summed E-state index contributed by atoms with van der Waals surface area (Å²) in [7, 11) is 1.59. The van der Waals surface area contributed by atoms with Crippen molar-refractivity contribution in [3.63, 3.8) is 0 Å². The predicted molar refractivity (Wildman–Crippen MR) is 68.8 cm³/mol. The Balaban J connectivity index is 2.20. The molecule has 0 saturated carbocycles. The molecule has 106 valence electrons. The van der Waals surface area contributed by atoms with Gasteiger partial charge in [0.25, 0.3) is 0 Å². The molecule has 0 aliphatic carbocycles. The molecule has 0 aliphatic rings. The molecule has 0 aliphatic heterocycles. The maximum absolute atomic E-state index is 11.3. The highest BCUT2D eigenvalue weighted by atomic mass is 16.5. The Labute approximate surface area is 112 Å². The number of ether oxygens (including phenoxy) is 2. The smallest absolute Gasteiger partial charge is 0.246 e. The van der Waals surface area contributed by atoms with Gasteiger partial charge in [-0.1, -0.05) is 12.1 Å². The normalized spacial score (nSPS) is 11.9. The first kappa shape index (κ1) is 15.4. The van der Waals surface area contributed by atoms with Crippen LogP contribution in [0.3, 0.4) is 0 Å². The van der Waals surface area contributed by atoms with Gasteiger partial charge in [0.15, 0.2) is 0 Å². The summed E-state index contributed by atoms with van der Waals surface area (Å²) < 4.78 is 10.3. The van der Waals surface area contributed by atoms with Crippen molar-refractivity contribution in [1.82, 2.24) is 5.32 Å². The monoisotopic (exact) mass is 269 g/mol. The lowest BCUT2D eigenvalue weighted by Crippen LogP contribution is -2.35. The maximum atomic E-state index is 11.3. The fourth-order valence-electron chi connectivity index (χ4n) is 1.33. The number of methoxy groups -OCH3 is 1. The number of benzene rings is 1. The van der Waals surface area contributed by atoms with Crippen molar-refractivity contribution >= 4 is 5.91 Å². The molecule has 1 aromatic carbocycles. The molecule has 6 heteroatoms. The number of carbonyl (C=O) groups is 1. The minimum absolute atomic E-state index is 0.0151. The molecule has 0 heterocycles. The van der Waals surface area contributed by atoms with Crippen molar-refractivity contribution in [3.8, 4) is 5.75 Å². The number of hydrogen-bond donors (Lipinski definition) is 3. The molecule has 0 unspecified atom stereocenters. The van der Waals surface area contributed by atoms with Gasteiger partial charge < -0.3 is 25.0 Å². The van der Waals surface area contributed by atoms with E-state index < -0.39 is 6.10 Å². The summed E-state index contributed by atoms with van der Waals surface area (Å²) in [5.41, 5.74) is 0.934. The molecule has 19 heavy (non-hydrogen) atoms. The van der Waals surface area contributed by atoms with Gasteiger partial charge in [-0.2, -0.15) is 0 Å². The molecule has 0 aromatic heterocycles. The number of carbonyl (C=O) groups excluding carboxylic acids is 1. The molecule has 0 spiro atoms. The van der Waals surface area contributed by atoms with Gasteiger partial charge >= 0.3 is 0 Å². The number of amides is 1. The first-order valence-corrected chi connectivity index (χ1v) is 5.92. The van der Waals surface area contributed by atoms with Crippen LogP contribution in [0.15, 0.2) is 24.3 Å². The molecule has 0 bridgehead atoms. The first-order chi connectivity index (χ1) is 9.15. The molecular formula is C13H19NO5. The second kappa shape index (κ2) is 8.47. The van der Waals surface area contributed by atoms with Gasteiger partial charge in [-0.3, -0.25) is 4.79 Å². The van der Waals surface area contributed by atoms with Crippen LogP contribution in [0.25, 0.3) is 0 Å². The SMILES string of the molecule is COc1ccc(COCC(=O)NC[C@@H](O)CO)cc1. The van der Waals surface area contributed by atoms with Gasteiger partial charge in [-0.05, 0) is 17.7 Å². The number of aliphatic hydroxyl groups is 2. The Morgan fingerprint density at radius 3 is 2.63 bits per heavy atom. The average molecular weight is 269 g/mol. The highest BCUT2D eigenvalue weighted by Gasteiger charge is 2.05. The number of aliphatic hydroxyl groups excluding tert-OH is 2. The van der Waals surface area contributed by atoms with Crippen molar-refractivity contribution in [3.05, 3.63) is 29.8 Å². The van der Waals surface area contributed by atoms with E-state index in [0.29, 0.717) is 6.61 Å². The van der Waals surface area contributed by atoms with E-state index in [9.17, 15) is 4.79 Å². The molecule has 1 aromatic rings. The molecular weight excluding hydrogens is 250 g/mol. The van der Waals surface area contributed by atoms with E-state index in [1.54, 1.807) is 7.11 Å². The quantitative estimate of drug-likeness (QED) is 0.602. The third kappa shape index (κ3) is 6.19. The first-order valence-electron chi connectivity index (χ1n) is 5.92. The predicted octanol–water partition coefficient (Wildman–Crippen LogP) is -0.319. The molecule has 1 atom stereocenters. The topological polar surface area (TPSA) is 88.0 Å². The van der Waals surface area contributed by atoms with Gasteiger partial charge in [0.2, 0.25) is 5.91 Å². The van der Waals surface area contributed by atoms with Crippen LogP contribution in [0, 0.1) is 0 Å².